The SMILES string of the molecule is CCC(c1ccccc1)C1CCCN1C(=O)CCc1nc(-c2ccncc2)no1. The standard InChI is InChI=1S/C23H26N4O2/c1-2-19(17-7-4-3-5-8-17)20-9-6-16-27(20)22(28)11-10-21-25-23(26-29-21)18-12-14-24-15-13-18/h3-5,7-8,12-15,19-20H,2,6,9-11,16H2,1H3. The van der Waals surface area contributed by atoms with Crippen molar-refractivity contribution in [3.63, 3.8) is 0 Å². The van der Waals surface area contributed by atoms with Crippen molar-refractivity contribution in [1.29, 1.82) is 0 Å². The Hall–Kier alpha value is -3.02. The van der Waals surface area contributed by atoms with E-state index in [1.807, 2.05) is 18.2 Å². The molecule has 2 aromatic heterocycles. The number of hydrogen-bond acceptors (Lipinski definition) is 5. The van der Waals surface area contributed by atoms with Crippen molar-refractivity contribution in [2.24, 2.45) is 0 Å². The van der Waals surface area contributed by atoms with Gasteiger partial charge in [0.1, 0.15) is 0 Å². The summed E-state index contributed by atoms with van der Waals surface area (Å²) >= 11 is 0. The molecular formula is C23H26N4O2. The van der Waals surface area contributed by atoms with Crippen LogP contribution in [0.2, 0.25) is 0 Å². The maximum absolute atomic E-state index is 13.0. The van der Waals surface area contributed by atoms with E-state index in [9.17, 15) is 4.79 Å². The Morgan fingerprint density at radius 3 is 2.76 bits per heavy atom. The van der Waals surface area contributed by atoms with Crippen LogP contribution in [0.1, 0.15) is 50.0 Å². The second kappa shape index (κ2) is 8.99. The Kier molecular flexibility index (Phi) is 5.98. The number of carbonyl (C=O) groups is 1. The van der Waals surface area contributed by atoms with Crippen LogP contribution < -0.4 is 0 Å². The van der Waals surface area contributed by atoms with Crippen LogP contribution in [0, 0.1) is 0 Å². The van der Waals surface area contributed by atoms with E-state index in [-0.39, 0.29) is 11.9 Å². The van der Waals surface area contributed by atoms with Gasteiger partial charge in [0.15, 0.2) is 0 Å². The van der Waals surface area contributed by atoms with Crippen LogP contribution in [0.15, 0.2) is 59.4 Å². The molecule has 1 aliphatic rings. The number of hydrogen-bond donors (Lipinski definition) is 0. The van der Waals surface area contributed by atoms with Crippen molar-refractivity contribution in [3.8, 4) is 11.4 Å². The number of nitrogens with zero attached hydrogens (tertiary/aromatic N) is 4. The lowest BCUT2D eigenvalue weighted by atomic mass is 9.87. The molecule has 1 fully saturated rings. The minimum atomic E-state index is 0.172. The van der Waals surface area contributed by atoms with Crippen LogP contribution in [0.5, 0.6) is 0 Å². The van der Waals surface area contributed by atoms with E-state index in [2.05, 4.69) is 51.2 Å². The van der Waals surface area contributed by atoms with Gasteiger partial charge in [-0.2, -0.15) is 4.98 Å². The first-order chi connectivity index (χ1) is 14.3. The van der Waals surface area contributed by atoms with Crippen molar-refractivity contribution >= 4 is 5.91 Å². The second-order valence-corrected chi connectivity index (χ2v) is 7.47. The summed E-state index contributed by atoms with van der Waals surface area (Å²) in [5.41, 5.74) is 2.17. The molecule has 6 heteroatoms. The van der Waals surface area contributed by atoms with Gasteiger partial charge in [-0.15, -0.1) is 0 Å². The number of likely N-dealkylation sites (tertiary alicyclic amines) is 1. The average molecular weight is 390 g/mol. The minimum absolute atomic E-state index is 0.172. The van der Waals surface area contributed by atoms with Gasteiger partial charge >= 0.3 is 0 Å². The summed E-state index contributed by atoms with van der Waals surface area (Å²) in [6.45, 7) is 3.04. The molecule has 3 aromatic rings. The van der Waals surface area contributed by atoms with Gasteiger partial charge in [-0.3, -0.25) is 9.78 Å². The number of benzene rings is 1. The van der Waals surface area contributed by atoms with Crippen LogP contribution in [0.25, 0.3) is 11.4 Å². The van der Waals surface area contributed by atoms with Crippen LogP contribution in [-0.4, -0.2) is 38.5 Å². The molecule has 150 valence electrons. The van der Waals surface area contributed by atoms with Gasteiger partial charge in [-0.25, -0.2) is 0 Å². The Balaban J connectivity index is 1.40. The molecule has 1 saturated heterocycles. The Bertz CT molecular complexity index is 926. The topological polar surface area (TPSA) is 72.1 Å². The first-order valence-electron chi connectivity index (χ1n) is 10.3. The first kappa shape index (κ1) is 19.3. The Morgan fingerprint density at radius 2 is 2.00 bits per heavy atom. The minimum Gasteiger partial charge on any atom is -0.339 e. The third-order valence-corrected chi connectivity index (χ3v) is 5.71. The van der Waals surface area contributed by atoms with E-state index in [1.165, 1.54) is 5.56 Å². The molecule has 0 N–H and O–H groups in total. The highest BCUT2D eigenvalue weighted by molar-refractivity contribution is 5.77. The second-order valence-electron chi connectivity index (χ2n) is 7.47. The summed E-state index contributed by atoms with van der Waals surface area (Å²) in [5, 5.41) is 4.02. The van der Waals surface area contributed by atoms with Gasteiger partial charge < -0.3 is 9.42 Å². The molecule has 2 atom stereocenters. The third-order valence-electron chi connectivity index (χ3n) is 5.71. The fourth-order valence-electron chi connectivity index (χ4n) is 4.28. The molecule has 1 aliphatic heterocycles. The zero-order chi connectivity index (χ0) is 20.1. The zero-order valence-electron chi connectivity index (χ0n) is 16.7. The fourth-order valence-corrected chi connectivity index (χ4v) is 4.28. The van der Waals surface area contributed by atoms with Crippen LogP contribution in [0.3, 0.4) is 0 Å². The molecule has 1 amide bonds. The van der Waals surface area contributed by atoms with Gasteiger partial charge in [0.05, 0.1) is 0 Å². The predicted octanol–water partition coefficient (Wildman–Crippen LogP) is 4.25. The number of aryl methyl sites for hydroxylation is 1. The van der Waals surface area contributed by atoms with E-state index in [4.69, 9.17) is 4.52 Å². The highest BCUT2D eigenvalue weighted by atomic mass is 16.5. The summed E-state index contributed by atoms with van der Waals surface area (Å²) in [4.78, 5) is 23.5. The maximum atomic E-state index is 13.0. The monoisotopic (exact) mass is 390 g/mol. The molecule has 4 rings (SSSR count). The van der Waals surface area contributed by atoms with Gasteiger partial charge in [-0.05, 0) is 37.0 Å². The van der Waals surface area contributed by atoms with Crippen LogP contribution in [-0.2, 0) is 11.2 Å². The third kappa shape index (κ3) is 4.36. The van der Waals surface area contributed by atoms with Crippen molar-refractivity contribution in [2.75, 3.05) is 6.54 Å². The van der Waals surface area contributed by atoms with E-state index in [1.54, 1.807) is 12.4 Å². The summed E-state index contributed by atoms with van der Waals surface area (Å²) in [7, 11) is 0. The van der Waals surface area contributed by atoms with Gasteiger partial charge in [0.25, 0.3) is 0 Å². The van der Waals surface area contributed by atoms with Crippen molar-refractivity contribution in [1.82, 2.24) is 20.0 Å². The normalized spacial score (nSPS) is 17.4. The number of amides is 1. The molecule has 0 radical (unpaired) electrons. The van der Waals surface area contributed by atoms with E-state index >= 15 is 0 Å². The molecule has 6 nitrogen and oxygen atoms in total. The molecule has 1 aromatic carbocycles. The lowest BCUT2D eigenvalue weighted by molar-refractivity contribution is -0.132. The van der Waals surface area contributed by atoms with E-state index in [0.29, 0.717) is 30.5 Å². The number of pyridine rings is 1. The smallest absolute Gasteiger partial charge is 0.227 e. The largest absolute Gasteiger partial charge is 0.339 e. The number of rotatable bonds is 7. The van der Waals surface area contributed by atoms with Crippen LogP contribution in [0.4, 0.5) is 0 Å². The Morgan fingerprint density at radius 1 is 1.21 bits per heavy atom. The van der Waals surface area contributed by atoms with Crippen molar-refractivity contribution < 1.29 is 9.32 Å². The van der Waals surface area contributed by atoms with Crippen molar-refractivity contribution in [3.05, 3.63) is 66.3 Å². The Labute approximate surface area is 171 Å². The summed E-state index contributed by atoms with van der Waals surface area (Å²) < 4.78 is 5.34. The number of carbonyl (C=O) groups excluding carboxylic acids is 1. The molecule has 3 heterocycles. The molecule has 29 heavy (non-hydrogen) atoms. The highest BCUT2D eigenvalue weighted by Gasteiger charge is 2.34. The predicted molar refractivity (Wildman–Crippen MR) is 110 cm³/mol. The lowest BCUT2D eigenvalue weighted by Gasteiger charge is -2.31. The molecule has 0 aliphatic carbocycles. The average Bonchev–Trinajstić information content (AvgIpc) is 3.44. The molecule has 0 saturated carbocycles. The first-order valence-corrected chi connectivity index (χ1v) is 10.3. The summed E-state index contributed by atoms with van der Waals surface area (Å²) in [5.74, 6) is 1.58. The summed E-state index contributed by atoms with van der Waals surface area (Å²) in [6, 6.07) is 14.5. The summed E-state index contributed by atoms with van der Waals surface area (Å²) in [6.07, 6.45) is 7.39. The highest BCUT2D eigenvalue weighted by Crippen LogP contribution is 2.34. The quantitative estimate of drug-likeness (QED) is 0.603. The fraction of sp³-hybridized carbons (Fsp3) is 0.391. The van der Waals surface area contributed by atoms with E-state index < -0.39 is 0 Å². The molecule has 2 unspecified atom stereocenters. The lowest BCUT2D eigenvalue weighted by Crippen LogP contribution is -2.39. The van der Waals surface area contributed by atoms with E-state index in [0.717, 1.165) is 31.4 Å². The molecule has 0 spiro atoms. The van der Waals surface area contributed by atoms with Gasteiger partial charge in [0.2, 0.25) is 17.6 Å². The number of aromatic nitrogens is 3. The van der Waals surface area contributed by atoms with Gasteiger partial charge in [0, 0.05) is 49.3 Å². The molecule has 0 bridgehead atoms. The maximum Gasteiger partial charge on any atom is 0.227 e. The van der Waals surface area contributed by atoms with Gasteiger partial charge in [-0.1, -0.05) is 42.4 Å². The zero-order valence-corrected chi connectivity index (χ0v) is 16.7. The van der Waals surface area contributed by atoms with Crippen LogP contribution >= 0.6 is 0 Å². The molecular weight excluding hydrogens is 364 g/mol. The van der Waals surface area contributed by atoms with Crippen molar-refractivity contribution in [2.45, 2.75) is 51.0 Å².